The van der Waals surface area contributed by atoms with E-state index in [0.29, 0.717) is 26.8 Å². The van der Waals surface area contributed by atoms with Crippen LogP contribution in [0.3, 0.4) is 0 Å². The lowest BCUT2D eigenvalue weighted by atomic mass is 9.93. The number of carbonyl (C=O) groups excluding carboxylic acids is 3. The molecule has 10 heteroatoms. The van der Waals surface area contributed by atoms with E-state index >= 15 is 0 Å². The molecule has 0 bridgehead atoms. The average Bonchev–Trinajstić information content (AvgIpc) is 3.55. The Morgan fingerprint density at radius 2 is 1.75 bits per heavy atom. The van der Waals surface area contributed by atoms with Crippen molar-refractivity contribution in [1.82, 2.24) is 10.2 Å². The average molecular weight is 572 g/mol. The SMILES string of the molecule is COC(=O)c1ccc(C2C(=C(O)c3cc(C)ccc3C)C(=O)C(=O)N2c2nnc(SCc3ccccc3)s2)cc1. The lowest BCUT2D eigenvalue weighted by Crippen LogP contribution is -2.29. The molecule has 1 aromatic heterocycles. The van der Waals surface area contributed by atoms with Crippen LogP contribution < -0.4 is 4.90 Å². The Hall–Kier alpha value is -4.28. The third-order valence-corrected chi connectivity index (χ3v) is 8.67. The summed E-state index contributed by atoms with van der Waals surface area (Å²) in [6.45, 7) is 3.71. The number of methoxy groups -OCH3 is 1. The van der Waals surface area contributed by atoms with Gasteiger partial charge in [-0.3, -0.25) is 14.5 Å². The highest BCUT2D eigenvalue weighted by molar-refractivity contribution is 8.00. The van der Waals surface area contributed by atoms with Gasteiger partial charge in [0.25, 0.3) is 5.78 Å². The number of amides is 1. The van der Waals surface area contributed by atoms with E-state index in [1.54, 1.807) is 30.3 Å². The van der Waals surface area contributed by atoms with Crippen LogP contribution in [0.1, 0.15) is 44.2 Å². The molecular formula is C30H25N3O5S2. The number of anilines is 1. The second-order valence-electron chi connectivity index (χ2n) is 9.23. The summed E-state index contributed by atoms with van der Waals surface area (Å²) in [6, 6.07) is 20.8. The molecule has 3 aromatic carbocycles. The first-order chi connectivity index (χ1) is 19.3. The molecule has 0 saturated carbocycles. The predicted molar refractivity (Wildman–Crippen MR) is 154 cm³/mol. The third kappa shape index (κ3) is 5.28. The zero-order valence-electron chi connectivity index (χ0n) is 22.0. The van der Waals surface area contributed by atoms with E-state index in [2.05, 4.69) is 10.2 Å². The second kappa shape index (κ2) is 11.4. The first kappa shape index (κ1) is 27.3. The number of esters is 1. The maximum atomic E-state index is 13.5. The van der Waals surface area contributed by atoms with Gasteiger partial charge in [-0.15, -0.1) is 10.2 Å². The predicted octanol–water partition coefficient (Wildman–Crippen LogP) is 5.86. The van der Waals surface area contributed by atoms with E-state index in [4.69, 9.17) is 4.74 Å². The summed E-state index contributed by atoms with van der Waals surface area (Å²) in [7, 11) is 1.29. The van der Waals surface area contributed by atoms with Crippen molar-refractivity contribution < 1.29 is 24.2 Å². The Morgan fingerprint density at radius 1 is 1.02 bits per heavy atom. The van der Waals surface area contributed by atoms with Gasteiger partial charge < -0.3 is 9.84 Å². The Bertz CT molecular complexity index is 1630. The molecule has 5 rings (SSSR count). The number of rotatable bonds is 7. The van der Waals surface area contributed by atoms with Crippen LogP contribution in [0.4, 0.5) is 5.13 Å². The molecule has 1 atom stereocenters. The van der Waals surface area contributed by atoms with Crippen LogP contribution in [-0.4, -0.2) is 40.1 Å². The molecule has 2 heterocycles. The topological polar surface area (TPSA) is 110 Å². The van der Waals surface area contributed by atoms with Gasteiger partial charge in [0.2, 0.25) is 5.13 Å². The van der Waals surface area contributed by atoms with Crippen molar-refractivity contribution in [1.29, 1.82) is 0 Å². The minimum absolute atomic E-state index is 0.0572. The van der Waals surface area contributed by atoms with Crippen molar-refractivity contribution in [2.24, 2.45) is 0 Å². The van der Waals surface area contributed by atoms with Gasteiger partial charge in [-0.1, -0.05) is 83.3 Å². The number of ether oxygens (including phenoxy) is 1. The molecule has 8 nitrogen and oxygen atoms in total. The molecule has 1 aliphatic rings. The summed E-state index contributed by atoms with van der Waals surface area (Å²) in [4.78, 5) is 40.3. The van der Waals surface area contributed by atoms with Crippen molar-refractivity contribution in [3.05, 3.63) is 112 Å². The Labute approximate surface area is 239 Å². The molecule has 1 saturated heterocycles. The minimum atomic E-state index is -0.980. The Morgan fingerprint density at radius 3 is 2.45 bits per heavy atom. The molecule has 4 aromatic rings. The quantitative estimate of drug-likeness (QED) is 0.0734. The standard InChI is InChI=1S/C30H25N3O5S2/c1-17-9-10-18(2)22(15-17)25(34)23-24(20-11-13-21(14-12-20)28(37)38-3)33(27(36)26(23)35)29-31-32-30(40-29)39-16-19-7-5-4-6-8-19/h4-15,24,34H,16H2,1-3H3. The van der Waals surface area contributed by atoms with E-state index in [9.17, 15) is 19.5 Å². The lowest BCUT2D eigenvalue weighted by molar-refractivity contribution is -0.132. The molecule has 0 spiro atoms. The number of thioether (sulfide) groups is 1. The molecule has 0 aliphatic carbocycles. The highest BCUT2D eigenvalue weighted by Gasteiger charge is 2.48. The van der Waals surface area contributed by atoms with Crippen molar-refractivity contribution in [2.75, 3.05) is 12.0 Å². The lowest BCUT2D eigenvalue weighted by Gasteiger charge is -2.23. The largest absolute Gasteiger partial charge is 0.507 e. The molecule has 0 radical (unpaired) electrons. The van der Waals surface area contributed by atoms with E-state index < -0.39 is 23.7 Å². The molecule has 202 valence electrons. The monoisotopic (exact) mass is 571 g/mol. The number of carbonyl (C=O) groups is 3. The fourth-order valence-corrected chi connectivity index (χ4v) is 6.30. The van der Waals surface area contributed by atoms with Crippen LogP contribution in [-0.2, 0) is 20.1 Å². The maximum Gasteiger partial charge on any atom is 0.337 e. The normalized spacial score (nSPS) is 16.4. The van der Waals surface area contributed by atoms with E-state index in [0.717, 1.165) is 16.7 Å². The van der Waals surface area contributed by atoms with Gasteiger partial charge in [-0.2, -0.15) is 0 Å². The highest BCUT2D eigenvalue weighted by atomic mass is 32.2. The van der Waals surface area contributed by atoms with Crippen LogP contribution >= 0.6 is 23.1 Å². The number of benzene rings is 3. The minimum Gasteiger partial charge on any atom is -0.507 e. The number of aliphatic hydroxyl groups excluding tert-OH is 1. The molecule has 1 unspecified atom stereocenters. The number of aliphatic hydroxyl groups is 1. The Kier molecular flexibility index (Phi) is 7.81. The molecule has 1 amide bonds. The van der Waals surface area contributed by atoms with E-state index in [1.807, 2.05) is 56.3 Å². The van der Waals surface area contributed by atoms with Crippen LogP contribution in [0, 0.1) is 13.8 Å². The van der Waals surface area contributed by atoms with Gasteiger partial charge >= 0.3 is 11.9 Å². The van der Waals surface area contributed by atoms with Gasteiger partial charge in [0.05, 0.1) is 24.3 Å². The summed E-state index contributed by atoms with van der Waals surface area (Å²) in [5.41, 5.74) is 4.00. The van der Waals surface area contributed by atoms with Gasteiger partial charge in [-0.25, -0.2) is 4.79 Å². The zero-order valence-corrected chi connectivity index (χ0v) is 23.6. The van der Waals surface area contributed by atoms with E-state index in [1.165, 1.54) is 35.1 Å². The van der Waals surface area contributed by atoms with Gasteiger partial charge in [0, 0.05) is 11.3 Å². The molecule has 1 N–H and O–H groups in total. The van der Waals surface area contributed by atoms with Crippen molar-refractivity contribution in [3.8, 4) is 0 Å². The van der Waals surface area contributed by atoms with Crippen molar-refractivity contribution >= 4 is 51.6 Å². The smallest absolute Gasteiger partial charge is 0.337 e. The molecular weight excluding hydrogens is 546 g/mol. The molecule has 1 aliphatic heterocycles. The number of ketones is 1. The second-order valence-corrected chi connectivity index (χ2v) is 11.4. The van der Waals surface area contributed by atoms with E-state index in [-0.39, 0.29) is 16.5 Å². The molecule has 40 heavy (non-hydrogen) atoms. The van der Waals surface area contributed by atoms with Gasteiger partial charge in [0.15, 0.2) is 4.34 Å². The fourth-order valence-electron chi connectivity index (χ4n) is 4.48. The first-order valence-corrected chi connectivity index (χ1v) is 14.2. The van der Waals surface area contributed by atoms with Gasteiger partial charge in [-0.05, 0) is 48.7 Å². The number of nitrogens with zero attached hydrogens (tertiary/aromatic N) is 3. The van der Waals surface area contributed by atoms with Crippen LogP contribution in [0.5, 0.6) is 0 Å². The number of Topliss-reactive ketones (excluding diaryl/α,β-unsaturated/α-hetero) is 1. The zero-order chi connectivity index (χ0) is 28.4. The summed E-state index contributed by atoms with van der Waals surface area (Å²) in [5.74, 6) is -1.76. The molecule has 1 fully saturated rings. The summed E-state index contributed by atoms with van der Waals surface area (Å²) < 4.78 is 5.43. The summed E-state index contributed by atoms with van der Waals surface area (Å²) in [6.07, 6.45) is 0. The number of aromatic nitrogens is 2. The van der Waals surface area contributed by atoms with Crippen LogP contribution in [0.25, 0.3) is 5.76 Å². The number of aryl methyl sites for hydroxylation is 2. The van der Waals surface area contributed by atoms with Crippen LogP contribution in [0.2, 0.25) is 0 Å². The number of hydrogen-bond acceptors (Lipinski definition) is 9. The highest BCUT2D eigenvalue weighted by Crippen LogP contribution is 2.44. The maximum absolute atomic E-state index is 13.5. The summed E-state index contributed by atoms with van der Waals surface area (Å²) >= 11 is 2.67. The van der Waals surface area contributed by atoms with Crippen molar-refractivity contribution in [2.45, 2.75) is 30.0 Å². The fraction of sp³-hybridized carbons (Fsp3) is 0.167. The Balaban J connectivity index is 1.59. The van der Waals surface area contributed by atoms with Crippen molar-refractivity contribution in [3.63, 3.8) is 0 Å². The van der Waals surface area contributed by atoms with Gasteiger partial charge in [0.1, 0.15) is 5.76 Å². The third-order valence-electron chi connectivity index (χ3n) is 6.55. The van der Waals surface area contributed by atoms with Crippen LogP contribution in [0.15, 0.2) is 82.7 Å². The summed E-state index contributed by atoms with van der Waals surface area (Å²) in [5, 5.41) is 20.2. The first-order valence-electron chi connectivity index (χ1n) is 12.4. The number of hydrogen-bond donors (Lipinski definition) is 1.